The van der Waals surface area contributed by atoms with E-state index in [9.17, 15) is 4.79 Å². The number of likely N-dealkylation sites (tertiary alicyclic amines) is 1. The monoisotopic (exact) mass is 212 g/mol. The van der Waals surface area contributed by atoms with Crippen LogP contribution in [0.25, 0.3) is 0 Å². The molecule has 1 saturated heterocycles. The minimum atomic E-state index is 0.328. The van der Waals surface area contributed by atoms with E-state index in [0.29, 0.717) is 12.3 Å². The first-order valence-electron chi connectivity index (χ1n) is 6.26. The van der Waals surface area contributed by atoms with Crippen molar-refractivity contribution >= 4 is 5.91 Å². The summed E-state index contributed by atoms with van der Waals surface area (Å²) in [4.78, 5) is 13.8. The zero-order valence-corrected chi connectivity index (χ0v) is 10.1. The van der Waals surface area contributed by atoms with Crippen LogP contribution in [-0.2, 0) is 4.79 Å². The average Bonchev–Trinajstić information content (AvgIpc) is 2.67. The Balaban J connectivity index is 2.18. The number of hydrogen-bond acceptors (Lipinski definition) is 2. The van der Waals surface area contributed by atoms with Crippen LogP contribution in [0.3, 0.4) is 0 Å². The van der Waals surface area contributed by atoms with Crippen LogP contribution in [0.1, 0.15) is 39.5 Å². The number of nitrogens with one attached hydrogen (secondary N) is 1. The molecule has 1 aliphatic heterocycles. The fraction of sp³-hybridized carbons (Fsp3) is 0.917. The number of amides is 1. The van der Waals surface area contributed by atoms with Crippen LogP contribution in [-0.4, -0.2) is 37.0 Å². The molecule has 3 heteroatoms. The van der Waals surface area contributed by atoms with E-state index >= 15 is 0 Å². The molecule has 0 aliphatic carbocycles. The van der Waals surface area contributed by atoms with Crippen molar-refractivity contribution in [1.29, 1.82) is 0 Å². The molecule has 1 N–H and O–H groups in total. The molecule has 15 heavy (non-hydrogen) atoms. The molecule has 1 rings (SSSR count). The molecule has 0 aromatic heterocycles. The third-order valence-electron chi connectivity index (χ3n) is 3.10. The number of carbonyl (C=O) groups is 1. The molecule has 1 unspecified atom stereocenters. The maximum absolute atomic E-state index is 11.8. The van der Waals surface area contributed by atoms with Crippen LogP contribution in [0.15, 0.2) is 0 Å². The van der Waals surface area contributed by atoms with E-state index in [1.807, 2.05) is 4.90 Å². The lowest BCUT2D eigenvalue weighted by molar-refractivity contribution is -0.130. The molecule has 1 aliphatic rings. The van der Waals surface area contributed by atoms with Gasteiger partial charge in [-0.1, -0.05) is 20.3 Å². The lowest BCUT2D eigenvalue weighted by Gasteiger charge is -2.16. The normalized spacial score (nSPS) is 20.9. The first-order valence-corrected chi connectivity index (χ1v) is 6.26. The van der Waals surface area contributed by atoms with Gasteiger partial charge < -0.3 is 10.2 Å². The molecule has 3 nitrogen and oxygen atoms in total. The highest BCUT2D eigenvalue weighted by atomic mass is 16.2. The summed E-state index contributed by atoms with van der Waals surface area (Å²) in [6.07, 6.45) is 4.38. The first-order chi connectivity index (χ1) is 7.27. The van der Waals surface area contributed by atoms with Gasteiger partial charge in [-0.2, -0.15) is 0 Å². The van der Waals surface area contributed by atoms with Crippen molar-refractivity contribution in [1.82, 2.24) is 10.2 Å². The second-order valence-corrected chi connectivity index (χ2v) is 4.39. The number of hydrogen-bond donors (Lipinski definition) is 1. The van der Waals surface area contributed by atoms with E-state index in [1.54, 1.807) is 0 Å². The van der Waals surface area contributed by atoms with E-state index in [0.717, 1.165) is 32.1 Å². The molecule has 0 aromatic carbocycles. The van der Waals surface area contributed by atoms with E-state index < -0.39 is 0 Å². The highest BCUT2D eigenvalue weighted by Crippen LogP contribution is 2.21. The van der Waals surface area contributed by atoms with Gasteiger partial charge in [0.2, 0.25) is 5.91 Å². The second kappa shape index (κ2) is 6.83. The Morgan fingerprint density at radius 2 is 2.27 bits per heavy atom. The lowest BCUT2D eigenvalue weighted by atomic mass is 10.0. The molecule has 0 bridgehead atoms. The predicted octanol–water partition coefficient (Wildman–Crippen LogP) is 1.63. The first kappa shape index (κ1) is 12.5. The standard InChI is InChI=1S/C12H24N2O/c1-3-5-11-7-9-14(10-11)12(15)6-8-13-4-2/h11,13H,3-10H2,1-2H3. The minimum absolute atomic E-state index is 0.328. The number of carbonyl (C=O) groups excluding carboxylic acids is 1. The fourth-order valence-electron chi connectivity index (χ4n) is 2.23. The van der Waals surface area contributed by atoms with Gasteiger partial charge in [0.1, 0.15) is 0 Å². The van der Waals surface area contributed by atoms with Gasteiger partial charge in [0.25, 0.3) is 0 Å². The third-order valence-corrected chi connectivity index (χ3v) is 3.10. The van der Waals surface area contributed by atoms with E-state index in [4.69, 9.17) is 0 Å². The highest BCUT2D eigenvalue weighted by molar-refractivity contribution is 5.76. The second-order valence-electron chi connectivity index (χ2n) is 4.39. The zero-order valence-electron chi connectivity index (χ0n) is 10.1. The van der Waals surface area contributed by atoms with Crippen molar-refractivity contribution in [2.75, 3.05) is 26.2 Å². The Morgan fingerprint density at radius 1 is 1.47 bits per heavy atom. The summed E-state index contributed by atoms with van der Waals surface area (Å²) in [6, 6.07) is 0. The Hall–Kier alpha value is -0.570. The molecule has 0 saturated carbocycles. The maximum atomic E-state index is 11.8. The van der Waals surface area contributed by atoms with Crippen LogP contribution in [0.5, 0.6) is 0 Å². The maximum Gasteiger partial charge on any atom is 0.223 e. The predicted molar refractivity (Wildman–Crippen MR) is 62.8 cm³/mol. The van der Waals surface area contributed by atoms with Gasteiger partial charge in [-0.25, -0.2) is 0 Å². The fourth-order valence-corrected chi connectivity index (χ4v) is 2.23. The van der Waals surface area contributed by atoms with E-state index in [1.165, 1.54) is 19.3 Å². The van der Waals surface area contributed by atoms with Gasteiger partial charge >= 0.3 is 0 Å². The SMILES string of the molecule is CCCC1CCN(C(=O)CCNCC)C1. The molecule has 1 heterocycles. The number of rotatable bonds is 6. The van der Waals surface area contributed by atoms with Gasteiger partial charge in [0.15, 0.2) is 0 Å². The number of nitrogens with zero attached hydrogens (tertiary/aromatic N) is 1. The van der Waals surface area contributed by atoms with Gasteiger partial charge in [0.05, 0.1) is 0 Å². The van der Waals surface area contributed by atoms with Gasteiger partial charge in [-0.3, -0.25) is 4.79 Å². The van der Waals surface area contributed by atoms with Crippen LogP contribution in [0.4, 0.5) is 0 Å². The summed E-state index contributed by atoms with van der Waals surface area (Å²) < 4.78 is 0. The summed E-state index contributed by atoms with van der Waals surface area (Å²) in [5.74, 6) is 1.09. The molecule has 1 amide bonds. The third kappa shape index (κ3) is 4.20. The Morgan fingerprint density at radius 3 is 2.93 bits per heavy atom. The smallest absolute Gasteiger partial charge is 0.223 e. The molecular formula is C12H24N2O. The summed E-state index contributed by atoms with van der Waals surface area (Å²) in [5.41, 5.74) is 0. The van der Waals surface area contributed by atoms with Crippen molar-refractivity contribution < 1.29 is 4.79 Å². The van der Waals surface area contributed by atoms with Crippen molar-refractivity contribution in [2.24, 2.45) is 5.92 Å². The lowest BCUT2D eigenvalue weighted by Crippen LogP contribution is -2.31. The van der Waals surface area contributed by atoms with Crippen LogP contribution in [0, 0.1) is 5.92 Å². The minimum Gasteiger partial charge on any atom is -0.342 e. The van der Waals surface area contributed by atoms with Crippen molar-refractivity contribution in [3.63, 3.8) is 0 Å². The van der Waals surface area contributed by atoms with Crippen molar-refractivity contribution in [3.8, 4) is 0 Å². The summed E-state index contributed by atoms with van der Waals surface area (Å²) in [5, 5.41) is 3.19. The Kier molecular flexibility index (Phi) is 5.69. The van der Waals surface area contributed by atoms with Crippen molar-refractivity contribution in [2.45, 2.75) is 39.5 Å². The quantitative estimate of drug-likeness (QED) is 0.679. The molecule has 0 aromatic rings. The largest absolute Gasteiger partial charge is 0.342 e. The Labute approximate surface area is 93.2 Å². The highest BCUT2D eigenvalue weighted by Gasteiger charge is 2.24. The summed E-state index contributed by atoms with van der Waals surface area (Å²) in [7, 11) is 0. The van der Waals surface area contributed by atoms with Gasteiger partial charge in [0, 0.05) is 26.1 Å². The van der Waals surface area contributed by atoms with Gasteiger partial charge in [-0.15, -0.1) is 0 Å². The van der Waals surface area contributed by atoms with Gasteiger partial charge in [-0.05, 0) is 25.3 Å². The van der Waals surface area contributed by atoms with Crippen LogP contribution < -0.4 is 5.32 Å². The summed E-state index contributed by atoms with van der Waals surface area (Å²) >= 11 is 0. The molecule has 0 spiro atoms. The van der Waals surface area contributed by atoms with E-state index in [2.05, 4.69) is 19.2 Å². The van der Waals surface area contributed by atoms with Crippen molar-refractivity contribution in [3.05, 3.63) is 0 Å². The van der Waals surface area contributed by atoms with Crippen LogP contribution in [0.2, 0.25) is 0 Å². The molecule has 0 radical (unpaired) electrons. The summed E-state index contributed by atoms with van der Waals surface area (Å²) in [6.45, 7) is 8.04. The molecule has 88 valence electrons. The Bertz CT molecular complexity index is 194. The molecule has 1 atom stereocenters. The molecule has 1 fully saturated rings. The van der Waals surface area contributed by atoms with Crippen LogP contribution >= 0.6 is 0 Å². The molecular weight excluding hydrogens is 188 g/mol. The topological polar surface area (TPSA) is 32.3 Å². The van der Waals surface area contributed by atoms with E-state index in [-0.39, 0.29) is 0 Å². The zero-order chi connectivity index (χ0) is 11.1. The average molecular weight is 212 g/mol.